The monoisotopic (exact) mass is 211 g/mol. The van der Waals surface area contributed by atoms with Crippen molar-refractivity contribution in [1.29, 1.82) is 0 Å². The first-order valence-electron chi connectivity index (χ1n) is 4.98. The number of amides is 1. The van der Waals surface area contributed by atoms with Gasteiger partial charge in [0.2, 0.25) is 0 Å². The Balaban J connectivity index is 2.65. The normalized spacial score (nSPS) is 20.5. The Morgan fingerprint density at radius 1 is 1.40 bits per heavy atom. The summed E-state index contributed by atoms with van der Waals surface area (Å²) in [6, 6.07) is -0.458. The number of hydrogen-bond donors (Lipinski definition) is 0. The molecule has 0 aromatic heterocycles. The second-order valence-electron chi connectivity index (χ2n) is 4.62. The van der Waals surface area contributed by atoms with E-state index >= 15 is 0 Å². The van der Waals surface area contributed by atoms with E-state index in [9.17, 15) is 9.59 Å². The van der Waals surface area contributed by atoms with Crippen LogP contribution >= 0.6 is 0 Å². The van der Waals surface area contributed by atoms with Crippen LogP contribution in [-0.2, 0) is 9.53 Å². The summed E-state index contributed by atoms with van der Waals surface area (Å²) in [5, 5.41) is 0. The molecule has 0 aliphatic carbocycles. The van der Waals surface area contributed by atoms with Crippen molar-refractivity contribution in [1.82, 2.24) is 4.90 Å². The van der Waals surface area contributed by atoms with E-state index in [4.69, 9.17) is 4.74 Å². The van der Waals surface area contributed by atoms with E-state index in [1.807, 2.05) is 0 Å². The molecule has 4 heteroatoms. The largest absolute Gasteiger partial charge is 0.444 e. The fraction of sp³-hybridized carbons (Fsp3) is 0.636. The summed E-state index contributed by atoms with van der Waals surface area (Å²) < 4.78 is 5.20. The highest BCUT2D eigenvalue weighted by Crippen LogP contribution is 2.16. The standard InChI is InChI=1S/C11H17NO3/c1-8(13)9-6-5-7-12(9)10(14)15-11(2,3)4/h5-6,9H,7H2,1-4H3/t9-/m0/s1. The van der Waals surface area contributed by atoms with E-state index in [1.165, 1.54) is 11.8 Å². The van der Waals surface area contributed by atoms with Gasteiger partial charge in [-0.3, -0.25) is 9.69 Å². The van der Waals surface area contributed by atoms with E-state index in [0.717, 1.165) is 0 Å². The zero-order chi connectivity index (χ0) is 11.6. The van der Waals surface area contributed by atoms with E-state index in [1.54, 1.807) is 32.9 Å². The van der Waals surface area contributed by atoms with Gasteiger partial charge in [-0.2, -0.15) is 0 Å². The van der Waals surface area contributed by atoms with Gasteiger partial charge in [0.1, 0.15) is 11.6 Å². The van der Waals surface area contributed by atoms with Crippen LogP contribution in [0.5, 0.6) is 0 Å². The van der Waals surface area contributed by atoms with E-state index in [0.29, 0.717) is 6.54 Å². The molecule has 84 valence electrons. The smallest absolute Gasteiger partial charge is 0.411 e. The molecule has 0 aromatic carbocycles. The van der Waals surface area contributed by atoms with Crippen molar-refractivity contribution in [3.05, 3.63) is 12.2 Å². The lowest BCUT2D eigenvalue weighted by atomic mass is 10.2. The highest BCUT2D eigenvalue weighted by molar-refractivity contribution is 5.88. The molecule has 0 saturated carbocycles. The predicted octanol–water partition coefficient (Wildman–Crippen LogP) is 1.75. The van der Waals surface area contributed by atoms with Gasteiger partial charge in [0, 0.05) is 6.54 Å². The number of rotatable bonds is 1. The first-order chi connectivity index (χ1) is 6.81. The molecule has 0 fully saturated rings. The van der Waals surface area contributed by atoms with E-state index in [-0.39, 0.29) is 5.78 Å². The first kappa shape index (κ1) is 11.8. The molecule has 1 amide bonds. The zero-order valence-electron chi connectivity index (χ0n) is 9.61. The maximum atomic E-state index is 11.7. The van der Waals surface area contributed by atoms with Crippen LogP contribution in [0.4, 0.5) is 4.79 Å². The number of hydrogen-bond acceptors (Lipinski definition) is 3. The quantitative estimate of drug-likeness (QED) is 0.621. The number of nitrogens with zero attached hydrogens (tertiary/aromatic N) is 1. The summed E-state index contributed by atoms with van der Waals surface area (Å²) in [6.45, 7) is 7.32. The summed E-state index contributed by atoms with van der Waals surface area (Å²) in [4.78, 5) is 24.3. The van der Waals surface area contributed by atoms with Gasteiger partial charge in [-0.15, -0.1) is 0 Å². The minimum absolute atomic E-state index is 0.0467. The molecule has 1 aliphatic rings. The second-order valence-corrected chi connectivity index (χ2v) is 4.62. The SMILES string of the molecule is CC(=O)[C@@H]1C=CCN1C(=O)OC(C)(C)C. The molecule has 0 aromatic rings. The van der Waals surface area contributed by atoms with E-state index < -0.39 is 17.7 Å². The van der Waals surface area contributed by atoms with Crippen molar-refractivity contribution >= 4 is 11.9 Å². The van der Waals surface area contributed by atoms with Gasteiger partial charge < -0.3 is 4.74 Å². The topological polar surface area (TPSA) is 46.6 Å². The minimum Gasteiger partial charge on any atom is -0.444 e. The van der Waals surface area contributed by atoms with Gasteiger partial charge in [-0.05, 0) is 27.7 Å². The van der Waals surface area contributed by atoms with Crippen molar-refractivity contribution < 1.29 is 14.3 Å². The van der Waals surface area contributed by atoms with Crippen LogP contribution in [0.3, 0.4) is 0 Å². The van der Waals surface area contributed by atoms with Crippen LogP contribution in [0.2, 0.25) is 0 Å². The van der Waals surface area contributed by atoms with Crippen molar-refractivity contribution in [2.45, 2.75) is 39.3 Å². The van der Waals surface area contributed by atoms with Crippen LogP contribution in [0, 0.1) is 0 Å². The molecular formula is C11H17NO3. The summed E-state index contributed by atoms with van der Waals surface area (Å²) in [5.41, 5.74) is -0.527. The lowest BCUT2D eigenvalue weighted by Gasteiger charge is -2.27. The lowest BCUT2D eigenvalue weighted by Crippen LogP contribution is -2.43. The molecule has 0 saturated heterocycles. The Kier molecular flexibility index (Phi) is 3.17. The van der Waals surface area contributed by atoms with Gasteiger partial charge in [0.05, 0.1) is 0 Å². The molecule has 4 nitrogen and oxygen atoms in total. The molecule has 1 atom stereocenters. The van der Waals surface area contributed by atoms with Crippen molar-refractivity contribution in [2.24, 2.45) is 0 Å². The molecular weight excluding hydrogens is 194 g/mol. The summed E-state index contributed by atoms with van der Waals surface area (Å²) in [5.74, 6) is -0.0467. The van der Waals surface area contributed by atoms with Gasteiger partial charge in [-0.25, -0.2) is 4.79 Å². The third-order valence-corrected chi connectivity index (χ3v) is 2.00. The first-order valence-corrected chi connectivity index (χ1v) is 4.98. The number of carbonyl (C=O) groups excluding carboxylic acids is 2. The number of carbonyl (C=O) groups is 2. The molecule has 1 heterocycles. The zero-order valence-corrected chi connectivity index (χ0v) is 9.61. The maximum absolute atomic E-state index is 11.7. The fourth-order valence-electron chi connectivity index (χ4n) is 1.38. The molecule has 0 bridgehead atoms. The summed E-state index contributed by atoms with van der Waals surface area (Å²) in [6.07, 6.45) is 3.09. The number of ketones is 1. The molecule has 0 radical (unpaired) electrons. The molecule has 0 unspecified atom stereocenters. The predicted molar refractivity (Wildman–Crippen MR) is 56.5 cm³/mol. The third kappa shape index (κ3) is 3.08. The average Bonchev–Trinajstić information content (AvgIpc) is 2.47. The molecule has 0 N–H and O–H groups in total. The van der Waals surface area contributed by atoms with E-state index in [2.05, 4.69) is 0 Å². The van der Waals surface area contributed by atoms with Crippen molar-refractivity contribution in [3.63, 3.8) is 0 Å². The van der Waals surface area contributed by atoms with Crippen molar-refractivity contribution in [3.8, 4) is 0 Å². The fourth-order valence-corrected chi connectivity index (χ4v) is 1.38. The summed E-state index contributed by atoms with van der Waals surface area (Å²) in [7, 11) is 0. The Morgan fingerprint density at radius 2 is 2.00 bits per heavy atom. The highest BCUT2D eigenvalue weighted by atomic mass is 16.6. The molecule has 0 spiro atoms. The van der Waals surface area contributed by atoms with Gasteiger partial charge >= 0.3 is 6.09 Å². The second kappa shape index (κ2) is 4.04. The minimum atomic E-state index is -0.527. The van der Waals surface area contributed by atoms with Crippen LogP contribution < -0.4 is 0 Å². The molecule has 1 rings (SSSR count). The van der Waals surface area contributed by atoms with Gasteiger partial charge in [0.25, 0.3) is 0 Å². The van der Waals surface area contributed by atoms with Crippen LogP contribution in [0.15, 0.2) is 12.2 Å². The molecule has 1 aliphatic heterocycles. The Labute approximate surface area is 89.9 Å². The highest BCUT2D eigenvalue weighted by Gasteiger charge is 2.31. The number of ether oxygens (including phenoxy) is 1. The van der Waals surface area contributed by atoms with Gasteiger partial charge in [0.15, 0.2) is 5.78 Å². The summed E-state index contributed by atoms with van der Waals surface area (Å²) >= 11 is 0. The maximum Gasteiger partial charge on any atom is 0.411 e. The Hall–Kier alpha value is -1.32. The lowest BCUT2D eigenvalue weighted by molar-refractivity contribution is -0.120. The average molecular weight is 211 g/mol. The van der Waals surface area contributed by atoms with Crippen LogP contribution in [-0.4, -0.2) is 35.0 Å². The Bertz CT molecular complexity index is 301. The number of Topliss-reactive ketones (excluding diaryl/α,β-unsaturated/α-hetero) is 1. The Morgan fingerprint density at radius 3 is 2.47 bits per heavy atom. The van der Waals surface area contributed by atoms with Crippen LogP contribution in [0.1, 0.15) is 27.7 Å². The van der Waals surface area contributed by atoms with Crippen LogP contribution in [0.25, 0.3) is 0 Å². The van der Waals surface area contributed by atoms with Crippen molar-refractivity contribution in [2.75, 3.05) is 6.54 Å². The third-order valence-electron chi connectivity index (χ3n) is 2.00. The molecule has 15 heavy (non-hydrogen) atoms. The van der Waals surface area contributed by atoms with Gasteiger partial charge in [-0.1, -0.05) is 12.2 Å².